The molecule has 98 valence electrons. The number of nitrogens with zero attached hydrogens (tertiary/aromatic N) is 4. The molecule has 2 heterocycles. The number of hydrogen-bond acceptors (Lipinski definition) is 3. The highest BCUT2D eigenvalue weighted by Crippen LogP contribution is 2.24. The molecule has 5 nitrogen and oxygen atoms in total. The van der Waals surface area contributed by atoms with Gasteiger partial charge in [-0.05, 0) is 22.9 Å². The van der Waals surface area contributed by atoms with E-state index in [1.165, 1.54) is 5.56 Å². The molecule has 0 atom stereocenters. The molecular weight excluding hydrogens is 306 g/mol. The predicted molar refractivity (Wildman–Crippen MR) is 77.7 cm³/mol. The minimum absolute atomic E-state index is 0.393. The van der Waals surface area contributed by atoms with Gasteiger partial charge in [0.2, 0.25) is 5.78 Å². The maximum atomic E-state index is 5.65. The van der Waals surface area contributed by atoms with E-state index in [-0.39, 0.29) is 0 Å². The van der Waals surface area contributed by atoms with Crippen LogP contribution in [0.3, 0.4) is 0 Å². The second-order valence-electron chi connectivity index (χ2n) is 4.51. The van der Waals surface area contributed by atoms with Crippen LogP contribution in [0.2, 0.25) is 0 Å². The van der Waals surface area contributed by atoms with Crippen molar-refractivity contribution in [3.8, 4) is 11.4 Å². The summed E-state index contributed by atoms with van der Waals surface area (Å²) >= 11 is 3.49. The average molecular weight is 320 g/mol. The molecule has 0 aliphatic rings. The molecule has 0 radical (unpaired) electrons. The molecule has 0 bridgehead atoms. The van der Waals surface area contributed by atoms with E-state index in [4.69, 9.17) is 5.73 Å². The first-order valence-corrected chi connectivity index (χ1v) is 6.78. The number of aryl methyl sites for hydroxylation is 2. The zero-order valence-electron chi connectivity index (χ0n) is 10.8. The van der Waals surface area contributed by atoms with Crippen molar-refractivity contribution in [2.75, 3.05) is 0 Å². The number of imidazole rings is 1. The maximum absolute atomic E-state index is 5.65. The maximum Gasteiger partial charge on any atom is 0.233 e. The summed E-state index contributed by atoms with van der Waals surface area (Å²) in [5, 5.41) is 4.60. The Morgan fingerprint density at radius 3 is 2.53 bits per heavy atom. The Kier molecular flexibility index (Phi) is 2.91. The molecule has 0 aliphatic carbocycles. The van der Waals surface area contributed by atoms with E-state index < -0.39 is 0 Å². The van der Waals surface area contributed by atoms with Gasteiger partial charge in [0.05, 0.1) is 5.69 Å². The van der Waals surface area contributed by atoms with Crippen molar-refractivity contribution in [3.63, 3.8) is 0 Å². The average Bonchev–Trinajstić information content (AvgIpc) is 2.89. The first-order chi connectivity index (χ1) is 9.11. The minimum atomic E-state index is 0.393. The zero-order valence-corrected chi connectivity index (χ0v) is 12.3. The van der Waals surface area contributed by atoms with Crippen LogP contribution < -0.4 is 5.73 Å². The second-order valence-corrected chi connectivity index (χ2v) is 5.27. The van der Waals surface area contributed by atoms with Crippen LogP contribution in [0.1, 0.15) is 11.3 Å². The van der Waals surface area contributed by atoms with Crippen LogP contribution in [0.15, 0.2) is 28.9 Å². The summed E-state index contributed by atoms with van der Waals surface area (Å²) in [6.45, 7) is 2.46. The SMILES string of the molecule is Cc1ccc(-c2nn3c(Br)c(CN)nc3n2C)cc1. The number of fused-ring (bicyclic) bond motifs is 1. The third-order valence-electron chi connectivity index (χ3n) is 3.16. The van der Waals surface area contributed by atoms with Crippen molar-refractivity contribution in [2.24, 2.45) is 12.8 Å². The number of nitrogens with two attached hydrogens (primary N) is 1. The van der Waals surface area contributed by atoms with Crippen molar-refractivity contribution >= 4 is 21.7 Å². The number of rotatable bonds is 2. The van der Waals surface area contributed by atoms with Gasteiger partial charge in [-0.1, -0.05) is 29.8 Å². The molecule has 1 aromatic carbocycles. The lowest BCUT2D eigenvalue weighted by Crippen LogP contribution is -1.99. The van der Waals surface area contributed by atoms with Gasteiger partial charge < -0.3 is 5.73 Å². The molecule has 0 saturated carbocycles. The predicted octanol–water partition coefficient (Wildman–Crippen LogP) is 2.26. The Morgan fingerprint density at radius 1 is 1.26 bits per heavy atom. The number of hydrogen-bond donors (Lipinski definition) is 1. The molecule has 19 heavy (non-hydrogen) atoms. The molecule has 3 rings (SSSR count). The van der Waals surface area contributed by atoms with Crippen molar-refractivity contribution in [2.45, 2.75) is 13.5 Å². The third-order valence-corrected chi connectivity index (χ3v) is 3.96. The fourth-order valence-electron chi connectivity index (χ4n) is 2.07. The van der Waals surface area contributed by atoms with E-state index in [1.54, 1.807) is 4.52 Å². The van der Waals surface area contributed by atoms with E-state index in [0.717, 1.165) is 27.5 Å². The molecular formula is C13H14BrN5. The van der Waals surface area contributed by atoms with E-state index >= 15 is 0 Å². The van der Waals surface area contributed by atoms with E-state index in [1.807, 2.05) is 11.6 Å². The van der Waals surface area contributed by atoms with Crippen LogP contribution in [0.5, 0.6) is 0 Å². The highest BCUT2D eigenvalue weighted by atomic mass is 79.9. The summed E-state index contributed by atoms with van der Waals surface area (Å²) in [4.78, 5) is 4.49. The molecule has 0 amide bonds. The number of halogens is 1. The topological polar surface area (TPSA) is 61.1 Å². The van der Waals surface area contributed by atoms with Gasteiger partial charge >= 0.3 is 0 Å². The minimum Gasteiger partial charge on any atom is -0.325 e. The van der Waals surface area contributed by atoms with E-state index in [9.17, 15) is 0 Å². The van der Waals surface area contributed by atoms with Crippen LogP contribution in [-0.2, 0) is 13.6 Å². The van der Waals surface area contributed by atoms with Crippen molar-refractivity contribution in [1.29, 1.82) is 0 Å². The lowest BCUT2D eigenvalue weighted by molar-refractivity contribution is 0.915. The summed E-state index contributed by atoms with van der Waals surface area (Å²) < 4.78 is 4.56. The van der Waals surface area contributed by atoms with Gasteiger partial charge in [-0.25, -0.2) is 4.98 Å². The number of aromatic nitrogens is 4. The van der Waals surface area contributed by atoms with Crippen LogP contribution in [-0.4, -0.2) is 19.2 Å². The molecule has 6 heteroatoms. The standard InChI is InChI=1S/C13H14BrN5/c1-8-3-5-9(6-4-8)12-17-19-11(14)10(7-15)16-13(19)18(12)2/h3-6H,7,15H2,1-2H3. The largest absolute Gasteiger partial charge is 0.325 e. The van der Waals surface area contributed by atoms with Gasteiger partial charge in [-0.2, -0.15) is 4.52 Å². The Bertz CT molecular complexity index is 739. The Hall–Kier alpha value is -1.66. The fraction of sp³-hybridized carbons (Fsp3) is 0.231. The molecule has 0 aliphatic heterocycles. The van der Waals surface area contributed by atoms with Crippen molar-refractivity contribution in [1.82, 2.24) is 19.2 Å². The summed E-state index contributed by atoms with van der Waals surface area (Å²) in [5.74, 6) is 1.66. The highest BCUT2D eigenvalue weighted by Gasteiger charge is 2.16. The molecule has 0 fully saturated rings. The summed E-state index contributed by atoms with van der Waals surface area (Å²) in [6, 6.07) is 8.28. The van der Waals surface area contributed by atoms with Gasteiger partial charge in [0.15, 0.2) is 5.82 Å². The van der Waals surface area contributed by atoms with Gasteiger partial charge in [-0.15, -0.1) is 5.10 Å². The van der Waals surface area contributed by atoms with Crippen LogP contribution in [0.4, 0.5) is 0 Å². The highest BCUT2D eigenvalue weighted by molar-refractivity contribution is 9.10. The zero-order chi connectivity index (χ0) is 13.6. The lowest BCUT2D eigenvalue weighted by Gasteiger charge is -2.01. The van der Waals surface area contributed by atoms with Crippen molar-refractivity contribution < 1.29 is 0 Å². The second kappa shape index (κ2) is 4.47. The Balaban J connectivity index is 2.20. The van der Waals surface area contributed by atoms with Gasteiger partial charge in [0.1, 0.15) is 4.60 Å². The van der Waals surface area contributed by atoms with E-state index in [0.29, 0.717) is 6.54 Å². The number of benzene rings is 1. The monoisotopic (exact) mass is 319 g/mol. The molecule has 2 aromatic heterocycles. The summed E-state index contributed by atoms with van der Waals surface area (Å²) in [6.07, 6.45) is 0. The quantitative estimate of drug-likeness (QED) is 0.788. The van der Waals surface area contributed by atoms with Crippen LogP contribution >= 0.6 is 15.9 Å². The molecule has 2 N–H and O–H groups in total. The third kappa shape index (κ3) is 1.87. The first-order valence-electron chi connectivity index (χ1n) is 5.98. The van der Waals surface area contributed by atoms with Gasteiger partial charge in [0.25, 0.3) is 0 Å². The van der Waals surface area contributed by atoms with E-state index in [2.05, 4.69) is 57.2 Å². The summed E-state index contributed by atoms with van der Waals surface area (Å²) in [7, 11) is 1.96. The molecule has 0 spiro atoms. The molecule has 0 saturated heterocycles. The van der Waals surface area contributed by atoms with Gasteiger partial charge in [-0.3, -0.25) is 4.57 Å². The van der Waals surface area contributed by atoms with Crippen molar-refractivity contribution in [3.05, 3.63) is 40.1 Å². The first kappa shape index (κ1) is 12.4. The lowest BCUT2D eigenvalue weighted by atomic mass is 10.1. The Morgan fingerprint density at radius 2 is 1.95 bits per heavy atom. The van der Waals surface area contributed by atoms with Crippen LogP contribution in [0, 0.1) is 6.92 Å². The fourth-order valence-corrected chi connectivity index (χ4v) is 2.56. The molecule has 3 aromatic rings. The Labute approximate surface area is 119 Å². The smallest absolute Gasteiger partial charge is 0.233 e. The molecule has 0 unspecified atom stereocenters. The summed E-state index contributed by atoms with van der Waals surface area (Å²) in [5.41, 5.74) is 8.76. The van der Waals surface area contributed by atoms with Crippen LogP contribution in [0.25, 0.3) is 17.2 Å². The normalized spacial score (nSPS) is 11.4. The van der Waals surface area contributed by atoms with Gasteiger partial charge in [0, 0.05) is 19.2 Å².